The number of carbonyl (C=O) groups excluding carboxylic acids is 2. The van der Waals surface area contributed by atoms with Gasteiger partial charge in [-0.3, -0.25) is 14.6 Å². The first-order valence-electron chi connectivity index (χ1n) is 8.00. The molecule has 2 heterocycles. The molecule has 1 N–H and O–H groups in total. The Labute approximate surface area is 153 Å². The predicted molar refractivity (Wildman–Crippen MR) is 95.6 cm³/mol. The number of amides is 2. The van der Waals surface area contributed by atoms with Crippen LogP contribution in [0.3, 0.4) is 0 Å². The number of rotatable bonds is 3. The zero-order chi connectivity index (χ0) is 17.8. The Morgan fingerprint density at radius 1 is 1.16 bits per heavy atom. The van der Waals surface area contributed by atoms with Crippen molar-refractivity contribution >= 4 is 33.4 Å². The second kappa shape index (κ2) is 7.74. The van der Waals surface area contributed by atoms with Crippen molar-refractivity contribution in [2.45, 2.75) is 12.8 Å². The smallest absolute Gasteiger partial charge is 0.256 e. The van der Waals surface area contributed by atoms with E-state index in [0.717, 1.165) is 0 Å². The van der Waals surface area contributed by atoms with Crippen LogP contribution in [0.25, 0.3) is 0 Å². The summed E-state index contributed by atoms with van der Waals surface area (Å²) in [5.74, 6) is -1.10. The molecule has 0 unspecified atom stereocenters. The highest BCUT2D eigenvalue weighted by atomic mass is 79.9. The molecule has 1 aliphatic heterocycles. The summed E-state index contributed by atoms with van der Waals surface area (Å²) in [6.07, 6.45) is 4.34. The standard InChI is InChI=1S/C18H17BrFN3O2/c19-13-1-2-16(20)15(11-13)18(25)23-9-5-12(6-10-23)17(24)22-14-3-7-21-8-4-14/h1-4,7-8,11-12H,5-6,9-10H2,(H,21,22,24). The number of halogens is 2. The molecule has 130 valence electrons. The van der Waals surface area contributed by atoms with Gasteiger partial charge in [-0.05, 0) is 43.2 Å². The molecule has 2 amide bonds. The van der Waals surface area contributed by atoms with E-state index in [-0.39, 0.29) is 23.3 Å². The molecular formula is C18H17BrFN3O2. The lowest BCUT2D eigenvalue weighted by Gasteiger charge is -2.31. The Kier molecular flexibility index (Phi) is 5.43. The highest BCUT2D eigenvalue weighted by Gasteiger charge is 2.29. The number of likely N-dealkylation sites (tertiary alicyclic amines) is 1. The molecule has 0 saturated carbocycles. The topological polar surface area (TPSA) is 62.3 Å². The van der Waals surface area contributed by atoms with E-state index in [1.807, 2.05) is 0 Å². The van der Waals surface area contributed by atoms with Crippen LogP contribution in [0.15, 0.2) is 47.2 Å². The van der Waals surface area contributed by atoms with E-state index in [1.165, 1.54) is 12.1 Å². The molecule has 1 saturated heterocycles. The summed E-state index contributed by atoms with van der Waals surface area (Å²) in [4.78, 5) is 30.3. The summed E-state index contributed by atoms with van der Waals surface area (Å²) < 4.78 is 14.5. The van der Waals surface area contributed by atoms with Crippen LogP contribution in [0.2, 0.25) is 0 Å². The number of hydrogen-bond acceptors (Lipinski definition) is 3. The Morgan fingerprint density at radius 3 is 2.52 bits per heavy atom. The number of carbonyl (C=O) groups is 2. The van der Waals surface area contributed by atoms with Gasteiger partial charge in [-0.2, -0.15) is 0 Å². The van der Waals surface area contributed by atoms with Crippen LogP contribution in [0.4, 0.5) is 10.1 Å². The van der Waals surface area contributed by atoms with Crippen LogP contribution in [0.1, 0.15) is 23.2 Å². The minimum absolute atomic E-state index is 0.0501. The summed E-state index contributed by atoms with van der Waals surface area (Å²) in [5.41, 5.74) is 0.753. The maximum Gasteiger partial charge on any atom is 0.256 e. The van der Waals surface area contributed by atoms with Crippen LogP contribution in [0, 0.1) is 11.7 Å². The quantitative estimate of drug-likeness (QED) is 0.849. The van der Waals surface area contributed by atoms with Crippen molar-refractivity contribution in [2.24, 2.45) is 5.92 Å². The molecule has 7 heteroatoms. The Morgan fingerprint density at radius 2 is 1.84 bits per heavy atom. The molecule has 0 bridgehead atoms. The number of anilines is 1. The largest absolute Gasteiger partial charge is 0.339 e. The zero-order valence-electron chi connectivity index (χ0n) is 13.4. The van der Waals surface area contributed by atoms with E-state index >= 15 is 0 Å². The third kappa shape index (κ3) is 4.22. The SMILES string of the molecule is O=C(Nc1ccncc1)C1CCN(C(=O)c2cc(Br)ccc2F)CC1. The van der Waals surface area contributed by atoms with Gasteiger partial charge in [-0.1, -0.05) is 15.9 Å². The Bertz CT molecular complexity index is 777. The number of benzene rings is 1. The normalized spacial score (nSPS) is 15.0. The van der Waals surface area contributed by atoms with Gasteiger partial charge in [0.05, 0.1) is 5.56 Å². The highest BCUT2D eigenvalue weighted by molar-refractivity contribution is 9.10. The van der Waals surface area contributed by atoms with Crippen molar-refractivity contribution in [1.82, 2.24) is 9.88 Å². The average molecular weight is 406 g/mol. The van der Waals surface area contributed by atoms with Crippen molar-refractivity contribution in [3.8, 4) is 0 Å². The second-order valence-corrected chi connectivity index (χ2v) is 6.83. The molecule has 1 aliphatic rings. The Hall–Kier alpha value is -2.28. The van der Waals surface area contributed by atoms with E-state index in [4.69, 9.17) is 0 Å². The molecule has 0 spiro atoms. The molecule has 25 heavy (non-hydrogen) atoms. The van der Waals surface area contributed by atoms with Gasteiger partial charge in [0.15, 0.2) is 0 Å². The number of nitrogens with zero attached hydrogens (tertiary/aromatic N) is 2. The average Bonchev–Trinajstić information content (AvgIpc) is 2.64. The molecule has 1 aromatic heterocycles. The maximum atomic E-state index is 13.9. The molecule has 1 aromatic carbocycles. The van der Waals surface area contributed by atoms with E-state index in [2.05, 4.69) is 26.2 Å². The molecular weight excluding hydrogens is 389 g/mol. The van der Waals surface area contributed by atoms with Crippen LogP contribution >= 0.6 is 15.9 Å². The number of nitrogens with one attached hydrogen (secondary N) is 1. The van der Waals surface area contributed by atoms with Gasteiger partial charge in [0.25, 0.3) is 5.91 Å². The van der Waals surface area contributed by atoms with E-state index in [1.54, 1.807) is 35.5 Å². The predicted octanol–water partition coefficient (Wildman–Crippen LogP) is 3.47. The molecule has 2 aromatic rings. The lowest BCUT2D eigenvalue weighted by atomic mass is 9.95. The summed E-state index contributed by atoms with van der Waals surface area (Å²) >= 11 is 3.25. The van der Waals surface area contributed by atoms with E-state index < -0.39 is 5.82 Å². The van der Waals surface area contributed by atoms with Gasteiger partial charge in [0.2, 0.25) is 5.91 Å². The lowest BCUT2D eigenvalue weighted by molar-refractivity contribution is -0.121. The monoisotopic (exact) mass is 405 g/mol. The van der Waals surface area contributed by atoms with E-state index in [9.17, 15) is 14.0 Å². The molecule has 0 atom stereocenters. The molecule has 3 rings (SSSR count). The van der Waals surface area contributed by atoms with Crippen LogP contribution in [0.5, 0.6) is 0 Å². The van der Waals surface area contributed by atoms with Gasteiger partial charge >= 0.3 is 0 Å². The first kappa shape index (κ1) is 17.5. The fourth-order valence-electron chi connectivity index (χ4n) is 2.86. The van der Waals surface area contributed by atoms with Crippen molar-refractivity contribution in [3.63, 3.8) is 0 Å². The fraction of sp³-hybridized carbons (Fsp3) is 0.278. The van der Waals surface area contributed by atoms with Gasteiger partial charge in [-0.15, -0.1) is 0 Å². The summed E-state index contributed by atoms with van der Waals surface area (Å²) in [6, 6.07) is 7.77. The van der Waals surface area contributed by atoms with E-state index in [0.29, 0.717) is 36.1 Å². The maximum absolute atomic E-state index is 13.9. The minimum atomic E-state index is -0.536. The summed E-state index contributed by atoms with van der Waals surface area (Å²) in [6.45, 7) is 0.860. The summed E-state index contributed by atoms with van der Waals surface area (Å²) in [5, 5.41) is 2.86. The van der Waals surface area contributed by atoms with Gasteiger partial charge in [0, 0.05) is 41.6 Å². The van der Waals surface area contributed by atoms with Crippen LogP contribution in [-0.4, -0.2) is 34.8 Å². The van der Waals surface area contributed by atoms with Crippen LogP contribution < -0.4 is 5.32 Å². The molecule has 5 nitrogen and oxygen atoms in total. The molecule has 1 fully saturated rings. The molecule has 0 aliphatic carbocycles. The van der Waals surface area contributed by atoms with Gasteiger partial charge in [-0.25, -0.2) is 4.39 Å². The summed E-state index contributed by atoms with van der Waals surface area (Å²) in [7, 11) is 0. The highest BCUT2D eigenvalue weighted by Crippen LogP contribution is 2.23. The zero-order valence-corrected chi connectivity index (χ0v) is 15.0. The van der Waals surface area contributed by atoms with Crippen molar-refractivity contribution in [2.75, 3.05) is 18.4 Å². The third-order valence-corrected chi connectivity index (χ3v) is 4.75. The number of piperidine rings is 1. The van der Waals surface area contributed by atoms with Gasteiger partial charge in [0.1, 0.15) is 5.82 Å². The van der Waals surface area contributed by atoms with Crippen molar-refractivity contribution < 1.29 is 14.0 Å². The fourth-order valence-corrected chi connectivity index (χ4v) is 3.22. The first-order chi connectivity index (χ1) is 12.0. The minimum Gasteiger partial charge on any atom is -0.339 e. The number of hydrogen-bond donors (Lipinski definition) is 1. The van der Waals surface area contributed by atoms with Crippen molar-refractivity contribution in [1.29, 1.82) is 0 Å². The lowest BCUT2D eigenvalue weighted by Crippen LogP contribution is -2.41. The van der Waals surface area contributed by atoms with Gasteiger partial charge < -0.3 is 10.2 Å². The first-order valence-corrected chi connectivity index (χ1v) is 8.79. The molecule has 0 radical (unpaired) electrons. The third-order valence-electron chi connectivity index (χ3n) is 4.26. The van der Waals surface area contributed by atoms with Crippen LogP contribution in [-0.2, 0) is 4.79 Å². The number of pyridine rings is 1. The second-order valence-electron chi connectivity index (χ2n) is 5.92. The number of aromatic nitrogens is 1. The van der Waals surface area contributed by atoms with Crippen molar-refractivity contribution in [3.05, 3.63) is 58.6 Å². The Balaban J connectivity index is 1.59.